The molecular formula is C15H8Br3O2-. The lowest BCUT2D eigenvalue weighted by atomic mass is 9.79. The lowest BCUT2D eigenvalue weighted by Crippen LogP contribution is -2.34. The van der Waals surface area contributed by atoms with Crippen LogP contribution in [0.4, 0.5) is 0 Å². The second-order valence-electron chi connectivity index (χ2n) is 4.62. The topological polar surface area (TPSA) is 40.1 Å². The second kappa shape index (κ2) is 5.28. The molecule has 0 bridgehead atoms. The molecule has 2 unspecified atom stereocenters. The molecule has 0 amide bonds. The molecule has 0 saturated carbocycles. The van der Waals surface area contributed by atoms with Crippen LogP contribution >= 0.6 is 47.8 Å². The molecular weight excluding hydrogens is 452 g/mol. The number of carboxylic acid groups (broad SMARTS) is 1. The number of halogens is 3. The minimum Gasteiger partial charge on any atom is -0.549 e. The van der Waals surface area contributed by atoms with E-state index in [1.807, 2.05) is 24.3 Å². The van der Waals surface area contributed by atoms with Crippen molar-refractivity contribution in [3.05, 3.63) is 46.4 Å². The third-order valence-electron chi connectivity index (χ3n) is 3.41. The van der Waals surface area contributed by atoms with Gasteiger partial charge in [0.15, 0.2) is 0 Å². The summed E-state index contributed by atoms with van der Waals surface area (Å²) in [5.74, 6) is -1.13. The molecule has 2 nitrogen and oxygen atoms in total. The Morgan fingerprint density at radius 2 is 1.55 bits per heavy atom. The highest BCUT2D eigenvalue weighted by Gasteiger charge is 2.25. The van der Waals surface area contributed by atoms with Crippen molar-refractivity contribution < 1.29 is 9.90 Å². The van der Waals surface area contributed by atoms with Gasteiger partial charge in [-0.25, -0.2) is 0 Å². The maximum Gasteiger partial charge on any atom is 0.0707 e. The monoisotopic (exact) mass is 457 g/mol. The number of carboxylic acids is 1. The Hall–Kier alpha value is -0.650. The Morgan fingerprint density at radius 1 is 0.950 bits per heavy atom. The van der Waals surface area contributed by atoms with Crippen LogP contribution in [0.2, 0.25) is 0 Å². The summed E-state index contributed by atoms with van der Waals surface area (Å²) in [5, 5.41) is 10.9. The molecule has 2 aromatic rings. The largest absolute Gasteiger partial charge is 0.549 e. The number of benzene rings is 2. The van der Waals surface area contributed by atoms with Gasteiger partial charge in [0.1, 0.15) is 0 Å². The Morgan fingerprint density at radius 3 is 2.20 bits per heavy atom. The Balaban J connectivity index is 1.98. The molecule has 102 valence electrons. The summed E-state index contributed by atoms with van der Waals surface area (Å²) < 4.78 is 1.04. The predicted molar refractivity (Wildman–Crippen MR) is 88.0 cm³/mol. The van der Waals surface area contributed by atoms with Gasteiger partial charge in [0.05, 0.1) is 15.6 Å². The maximum atomic E-state index is 10.9. The van der Waals surface area contributed by atoms with Crippen molar-refractivity contribution in [2.45, 2.75) is 9.65 Å². The normalized spacial score (nSPS) is 14.8. The summed E-state index contributed by atoms with van der Waals surface area (Å²) in [5.41, 5.74) is 5.70. The van der Waals surface area contributed by atoms with Gasteiger partial charge in [-0.1, -0.05) is 66.0 Å². The second-order valence-corrected chi connectivity index (χ2v) is 7.51. The molecule has 3 rings (SSSR count). The molecule has 0 saturated heterocycles. The summed E-state index contributed by atoms with van der Waals surface area (Å²) in [6.07, 6.45) is 0. The summed E-state index contributed by atoms with van der Waals surface area (Å²) in [6, 6.07) is 12.2. The molecule has 5 heteroatoms. The van der Waals surface area contributed by atoms with E-state index in [2.05, 4.69) is 59.9 Å². The van der Waals surface area contributed by atoms with Gasteiger partial charge in [-0.2, -0.15) is 0 Å². The Kier molecular flexibility index (Phi) is 3.77. The zero-order valence-electron chi connectivity index (χ0n) is 10.1. The van der Waals surface area contributed by atoms with Gasteiger partial charge in [0.2, 0.25) is 0 Å². The van der Waals surface area contributed by atoms with E-state index < -0.39 is 10.8 Å². The average molecular weight is 460 g/mol. The van der Waals surface area contributed by atoms with Gasteiger partial charge in [-0.3, -0.25) is 0 Å². The number of carbonyl (C=O) groups excluding carboxylic acids is 1. The molecule has 2 aromatic carbocycles. The molecule has 1 aliphatic rings. The van der Waals surface area contributed by atoms with Crippen LogP contribution in [0.15, 0.2) is 40.9 Å². The van der Waals surface area contributed by atoms with Gasteiger partial charge >= 0.3 is 0 Å². The van der Waals surface area contributed by atoms with E-state index in [9.17, 15) is 9.90 Å². The first-order valence-corrected chi connectivity index (χ1v) is 8.54. The first-order valence-electron chi connectivity index (χ1n) is 5.92. The van der Waals surface area contributed by atoms with E-state index in [4.69, 9.17) is 0 Å². The number of fused-ring (bicyclic) bond motifs is 4. The molecule has 0 N–H and O–H groups in total. The van der Waals surface area contributed by atoms with Crippen molar-refractivity contribution in [2.75, 3.05) is 0 Å². The number of hydrogen-bond donors (Lipinski definition) is 0. The molecule has 0 fully saturated rings. The van der Waals surface area contributed by atoms with Crippen LogP contribution in [0.1, 0.15) is 10.4 Å². The highest BCUT2D eigenvalue weighted by molar-refractivity contribution is 9.12. The van der Waals surface area contributed by atoms with Crippen LogP contribution < -0.4 is 5.11 Å². The van der Waals surface area contributed by atoms with Crippen molar-refractivity contribution in [1.29, 1.82) is 0 Å². The molecule has 0 radical (unpaired) electrons. The third-order valence-corrected chi connectivity index (χ3v) is 6.57. The maximum absolute atomic E-state index is 10.9. The minimum absolute atomic E-state index is 0.325. The van der Waals surface area contributed by atoms with Gasteiger partial charge in [-0.05, 0) is 46.0 Å². The average Bonchev–Trinajstić information content (AvgIpc) is 2.43. The van der Waals surface area contributed by atoms with Crippen molar-refractivity contribution in [3.63, 3.8) is 0 Å². The lowest BCUT2D eigenvalue weighted by molar-refractivity contribution is -0.304. The summed E-state index contributed by atoms with van der Waals surface area (Å²) in [7, 11) is 0. The molecule has 0 aromatic heterocycles. The first-order chi connectivity index (χ1) is 9.49. The summed E-state index contributed by atoms with van der Waals surface area (Å²) in [6.45, 7) is 0. The van der Waals surface area contributed by atoms with Crippen LogP contribution in [0.3, 0.4) is 0 Å². The van der Waals surface area contributed by atoms with Crippen molar-refractivity contribution in [1.82, 2.24) is 0 Å². The first kappa shape index (κ1) is 14.3. The zero-order chi connectivity index (χ0) is 14.4. The Labute approximate surface area is 141 Å². The highest BCUT2D eigenvalue weighted by Crippen LogP contribution is 2.49. The van der Waals surface area contributed by atoms with E-state index in [1.54, 1.807) is 0 Å². The fourth-order valence-electron chi connectivity index (χ4n) is 2.39. The number of rotatable bonds is 3. The van der Waals surface area contributed by atoms with Crippen LogP contribution in [0.25, 0.3) is 22.3 Å². The predicted octanol–water partition coefficient (Wildman–Crippen LogP) is 4.05. The fourth-order valence-corrected chi connectivity index (χ4v) is 3.56. The van der Waals surface area contributed by atoms with Crippen LogP contribution in [0.5, 0.6) is 0 Å². The van der Waals surface area contributed by atoms with Crippen molar-refractivity contribution in [3.8, 4) is 22.3 Å². The van der Waals surface area contributed by atoms with Gasteiger partial charge in [-0.15, -0.1) is 0 Å². The summed E-state index contributed by atoms with van der Waals surface area (Å²) in [4.78, 5) is 9.84. The molecule has 20 heavy (non-hydrogen) atoms. The number of aliphatic carboxylic acids is 1. The van der Waals surface area contributed by atoms with E-state index in [1.165, 1.54) is 16.7 Å². The molecule has 1 aliphatic carbocycles. The quantitative estimate of drug-likeness (QED) is 0.554. The number of hydrogen-bond acceptors (Lipinski definition) is 2. The zero-order valence-corrected chi connectivity index (χ0v) is 14.8. The van der Waals surface area contributed by atoms with Crippen LogP contribution in [0, 0.1) is 0 Å². The van der Waals surface area contributed by atoms with E-state index in [0.29, 0.717) is 0 Å². The molecule has 0 aliphatic heterocycles. The third kappa shape index (κ3) is 2.26. The van der Waals surface area contributed by atoms with Gasteiger partial charge in [0.25, 0.3) is 0 Å². The molecule has 0 spiro atoms. The van der Waals surface area contributed by atoms with E-state index in [0.717, 1.165) is 15.6 Å². The van der Waals surface area contributed by atoms with Crippen molar-refractivity contribution >= 4 is 53.8 Å². The van der Waals surface area contributed by atoms with Gasteiger partial charge in [0, 0.05) is 4.47 Å². The minimum atomic E-state index is -1.13. The van der Waals surface area contributed by atoms with Crippen LogP contribution in [-0.4, -0.2) is 10.8 Å². The van der Waals surface area contributed by atoms with E-state index in [-0.39, 0.29) is 4.83 Å². The SMILES string of the molecule is O=C([O-])C(Br)C(Br)c1ccc2c(c1)-c1cc(Br)ccc1-2. The van der Waals surface area contributed by atoms with Crippen molar-refractivity contribution in [2.24, 2.45) is 0 Å². The van der Waals surface area contributed by atoms with E-state index >= 15 is 0 Å². The lowest BCUT2D eigenvalue weighted by Gasteiger charge is -2.26. The Bertz CT molecular complexity index is 712. The summed E-state index contributed by atoms with van der Waals surface area (Å²) >= 11 is 10.0. The fraction of sp³-hybridized carbons (Fsp3) is 0.133. The molecule has 0 heterocycles. The van der Waals surface area contributed by atoms with Gasteiger partial charge < -0.3 is 9.90 Å². The standard InChI is InChI=1S/C15H9Br3O2/c16-8-2-4-10-9-3-1-7(5-11(9)12(10)6-8)13(17)14(18)15(19)20/h1-6,13-14H,(H,19,20)/p-1. The number of carbonyl (C=O) groups is 1. The number of alkyl halides is 2. The molecule has 2 atom stereocenters. The van der Waals surface area contributed by atoms with Crippen LogP contribution in [-0.2, 0) is 4.79 Å². The highest BCUT2D eigenvalue weighted by atomic mass is 79.9. The smallest absolute Gasteiger partial charge is 0.0707 e.